The van der Waals surface area contributed by atoms with Crippen molar-refractivity contribution in [3.8, 4) is 0 Å². The van der Waals surface area contributed by atoms with Gasteiger partial charge in [0.05, 0.1) is 11.4 Å². The molecule has 0 heterocycles. The monoisotopic (exact) mass is 512 g/mol. The maximum atomic E-state index is 14.0. The molecule has 0 aliphatic heterocycles. The highest BCUT2D eigenvalue weighted by Gasteiger charge is 2.64. The lowest BCUT2D eigenvalue weighted by Crippen LogP contribution is -2.55. The summed E-state index contributed by atoms with van der Waals surface area (Å²) < 4.78 is 5.28. The summed E-state index contributed by atoms with van der Waals surface area (Å²) in [6, 6.07) is -1.53. The number of allylic oxidation sites excluding steroid dienone is 4. The van der Waals surface area contributed by atoms with Crippen molar-refractivity contribution in [2.75, 3.05) is 6.61 Å². The topological polar surface area (TPSA) is 178 Å². The molecule has 4 aliphatic carbocycles. The summed E-state index contributed by atoms with van der Waals surface area (Å²) in [6.07, 6.45) is 8.77. The number of urea groups is 2. The van der Waals surface area contributed by atoms with Crippen LogP contribution in [0, 0.1) is 40.4 Å². The van der Waals surface area contributed by atoms with Crippen LogP contribution in [0.5, 0.6) is 0 Å². The molecule has 0 aromatic heterocycles. The number of nitrogens with two attached hydrogens (primary N) is 2. The first kappa shape index (κ1) is 26.6. The molecule has 11 nitrogen and oxygen atoms in total. The molecule has 4 rings (SSSR count). The van der Waals surface area contributed by atoms with Crippen LogP contribution in [0.15, 0.2) is 34.0 Å². The number of primary amides is 2. The van der Waals surface area contributed by atoms with Gasteiger partial charge in [0, 0.05) is 30.6 Å². The lowest BCUT2D eigenvalue weighted by atomic mass is 9.47. The lowest BCUT2D eigenvalue weighted by Gasteiger charge is -2.56. The van der Waals surface area contributed by atoms with E-state index in [4.69, 9.17) is 16.2 Å². The second-order valence-corrected chi connectivity index (χ2v) is 11.3. The van der Waals surface area contributed by atoms with Crippen molar-refractivity contribution in [3.05, 3.63) is 23.8 Å². The predicted molar refractivity (Wildman–Crippen MR) is 137 cm³/mol. The average molecular weight is 513 g/mol. The van der Waals surface area contributed by atoms with Gasteiger partial charge in [-0.05, 0) is 54.6 Å². The molecule has 0 spiro atoms. The number of rotatable bonds is 5. The number of hydrazone groups is 2. The molecule has 200 valence electrons. The summed E-state index contributed by atoms with van der Waals surface area (Å²) in [5.41, 5.74) is 16.4. The minimum absolute atomic E-state index is 0.0655. The molecule has 6 N–H and O–H groups in total. The summed E-state index contributed by atoms with van der Waals surface area (Å²) >= 11 is 0. The molecule has 4 amide bonds. The maximum Gasteiger partial charge on any atom is 0.332 e. The molecular weight excluding hydrogens is 476 g/mol. The Morgan fingerprint density at radius 3 is 2.54 bits per heavy atom. The van der Waals surface area contributed by atoms with E-state index in [1.165, 1.54) is 6.92 Å². The first-order valence-electron chi connectivity index (χ1n) is 12.7. The van der Waals surface area contributed by atoms with Gasteiger partial charge in [-0.15, -0.1) is 0 Å². The van der Waals surface area contributed by atoms with Crippen LogP contribution in [-0.4, -0.2) is 41.8 Å². The number of Topliss-reactive ketones (excluding diaryl/α,β-unsaturated/α-hetero) is 1. The Balaban J connectivity index is 1.66. The van der Waals surface area contributed by atoms with Crippen LogP contribution in [0.2, 0.25) is 0 Å². The average Bonchev–Trinajstić information content (AvgIpc) is 3.06. The van der Waals surface area contributed by atoms with E-state index in [2.05, 4.69) is 41.8 Å². The molecule has 7 atom stereocenters. The SMILES string of the molecule is CC(=O)OC/C(=N/NC(N)=O)[C@H]1[C@H](C)C[C@H]2[C@@H]3CCC4=C/C(=N/NC(N)=O)C=C[C@]4(C)[C@H]3C(=O)C[C@@]21C. The van der Waals surface area contributed by atoms with Gasteiger partial charge in [0.25, 0.3) is 0 Å². The second kappa shape index (κ2) is 9.75. The van der Waals surface area contributed by atoms with Crippen LogP contribution in [0.1, 0.15) is 53.4 Å². The molecular formula is C26H36N6O5. The predicted octanol–water partition coefficient (Wildman–Crippen LogP) is 2.38. The number of carbonyl (C=O) groups is 4. The maximum absolute atomic E-state index is 14.0. The minimum Gasteiger partial charge on any atom is -0.460 e. The summed E-state index contributed by atoms with van der Waals surface area (Å²) in [4.78, 5) is 48.0. The Hall–Kier alpha value is -3.50. The van der Waals surface area contributed by atoms with Crippen LogP contribution < -0.4 is 22.3 Å². The van der Waals surface area contributed by atoms with Crippen molar-refractivity contribution in [2.24, 2.45) is 62.1 Å². The van der Waals surface area contributed by atoms with Gasteiger partial charge >= 0.3 is 18.0 Å². The van der Waals surface area contributed by atoms with Crippen LogP contribution in [0.25, 0.3) is 0 Å². The molecule has 0 saturated heterocycles. The molecule has 11 heteroatoms. The van der Waals surface area contributed by atoms with Crippen molar-refractivity contribution >= 4 is 35.2 Å². The Morgan fingerprint density at radius 1 is 1.19 bits per heavy atom. The molecule has 0 aromatic carbocycles. The normalized spacial score (nSPS) is 37.7. The molecule has 0 aromatic rings. The van der Waals surface area contributed by atoms with E-state index in [1.54, 1.807) is 0 Å². The molecule has 0 radical (unpaired) electrons. The lowest BCUT2D eigenvalue weighted by molar-refractivity contribution is -0.142. The number of hydrogen-bond acceptors (Lipinski definition) is 7. The van der Waals surface area contributed by atoms with E-state index in [0.717, 1.165) is 24.8 Å². The third kappa shape index (κ3) is 4.78. The second-order valence-electron chi connectivity index (χ2n) is 11.3. The Kier molecular flexibility index (Phi) is 7.00. The van der Waals surface area contributed by atoms with Gasteiger partial charge in [-0.1, -0.05) is 32.4 Å². The number of ether oxygens (including phenoxy) is 1. The fourth-order valence-corrected chi connectivity index (χ4v) is 7.80. The standard InChI is InChI=1S/C26H36N6O5/c1-13-9-18-17-6-5-15-10-16(29-31-23(27)35)7-8-25(15,3)22(17)20(34)11-26(18,4)21(13)19(12-37-14(2)33)30-32-24(28)36/h7-8,10,13,17-18,21-22H,5-6,9,11-12H2,1-4H3,(H3,27,31,35)(H3,28,32,36)/b29-16+,30-19-/t13-,17+,18+,21-,22-,25+,26+/m1/s1. The zero-order valence-corrected chi connectivity index (χ0v) is 21.7. The first-order chi connectivity index (χ1) is 17.4. The number of nitrogens with zero attached hydrogens (tertiary/aromatic N) is 2. The summed E-state index contributed by atoms with van der Waals surface area (Å²) in [5.74, 6) is 0.0181. The first-order valence-corrected chi connectivity index (χ1v) is 12.7. The number of amides is 4. The summed E-state index contributed by atoms with van der Waals surface area (Å²) in [6.45, 7) is 7.64. The van der Waals surface area contributed by atoms with Crippen molar-refractivity contribution in [3.63, 3.8) is 0 Å². The Labute approximate surface area is 216 Å². The van der Waals surface area contributed by atoms with Gasteiger partial charge in [0.15, 0.2) is 0 Å². The van der Waals surface area contributed by atoms with Gasteiger partial charge in [-0.25, -0.2) is 20.4 Å². The molecule has 0 unspecified atom stereocenters. The highest BCUT2D eigenvalue weighted by Crippen LogP contribution is 2.66. The number of esters is 1. The number of fused-ring (bicyclic) bond motifs is 5. The van der Waals surface area contributed by atoms with E-state index < -0.39 is 28.9 Å². The van der Waals surface area contributed by atoms with Crippen molar-refractivity contribution < 1.29 is 23.9 Å². The summed E-state index contributed by atoms with van der Waals surface area (Å²) in [7, 11) is 0. The van der Waals surface area contributed by atoms with Crippen LogP contribution in [0.4, 0.5) is 9.59 Å². The summed E-state index contributed by atoms with van der Waals surface area (Å²) in [5, 5.41) is 8.29. The van der Waals surface area contributed by atoms with E-state index in [0.29, 0.717) is 17.8 Å². The highest BCUT2D eigenvalue weighted by atomic mass is 16.5. The third-order valence-corrected chi connectivity index (χ3v) is 8.99. The Bertz CT molecular complexity index is 1140. The van der Waals surface area contributed by atoms with Crippen molar-refractivity contribution in [1.29, 1.82) is 0 Å². The van der Waals surface area contributed by atoms with Gasteiger partial charge < -0.3 is 16.2 Å². The number of hydrogen-bond donors (Lipinski definition) is 4. The van der Waals surface area contributed by atoms with Gasteiger partial charge in [-0.3, -0.25) is 9.59 Å². The van der Waals surface area contributed by atoms with Crippen molar-refractivity contribution in [1.82, 2.24) is 10.9 Å². The van der Waals surface area contributed by atoms with Crippen LogP contribution in [0.3, 0.4) is 0 Å². The van der Waals surface area contributed by atoms with Crippen molar-refractivity contribution in [2.45, 2.75) is 53.4 Å². The van der Waals surface area contributed by atoms with Gasteiger partial charge in [0.1, 0.15) is 12.4 Å². The zero-order valence-electron chi connectivity index (χ0n) is 21.7. The highest BCUT2D eigenvalue weighted by molar-refractivity contribution is 6.06. The van der Waals surface area contributed by atoms with E-state index in [9.17, 15) is 19.2 Å². The number of carbonyl (C=O) groups excluding carboxylic acids is 4. The molecule has 37 heavy (non-hydrogen) atoms. The number of nitrogens with one attached hydrogen (secondary N) is 2. The zero-order chi connectivity index (χ0) is 27.1. The molecule has 4 aliphatic rings. The fourth-order valence-electron chi connectivity index (χ4n) is 7.80. The third-order valence-electron chi connectivity index (χ3n) is 8.99. The van der Waals surface area contributed by atoms with Crippen LogP contribution in [-0.2, 0) is 14.3 Å². The quantitative estimate of drug-likeness (QED) is 0.250. The molecule has 0 bridgehead atoms. The minimum atomic E-state index is -0.801. The van der Waals surface area contributed by atoms with E-state index in [-0.39, 0.29) is 42.0 Å². The fraction of sp³-hybridized carbons (Fsp3) is 0.615. The van der Waals surface area contributed by atoms with Crippen LogP contribution >= 0.6 is 0 Å². The smallest absolute Gasteiger partial charge is 0.332 e. The number of ketones is 1. The molecule has 3 saturated carbocycles. The van der Waals surface area contributed by atoms with Gasteiger partial charge in [0.2, 0.25) is 0 Å². The Morgan fingerprint density at radius 2 is 1.89 bits per heavy atom. The van der Waals surface area contributed by atoms with E-state index in [1.807, 2.05) is 18.2 Å². The van der Waals surface area contributed by atoms with E-state index >= 15 is 0 Å². The largest absolute Gasteiger partial charge is 0.460 e. The van der Waals surface area contributed by atoms with Gasteiger partial charge in [-0.2, -0.15) is 10.2 Å². The molecule has 3 fully saturated rings.